The Morgan fingerprint density at radius 3 is 2.80 bits per heavy atom. The number of hydrogen-bond acceptors (Lipinski definition) is 7. The van der Waals surface area contributed by atoms with Crippen molar-refractivity contribution in [1.29, 1.82) is 0 Å². The van der Waals surface area contributed by atoms with Crippen molar-refractivity contribution in [2.75, 3.05) is 12.5 Å². The van der Waals surface area contributed by atoms with E-state index in [4.69, 9.17) is 15.3 Å². The van der Waals surface area contributed by atoms with Crippen molar-refractivity contribution >= 4 is 11.5 Å². The number of rotatable bonds is 5. The average molecular weight is 276 g/mol. The number of benzene rings is 1. The van der Waals surface area contributed by atoms with Crippen LogP contribution in [0, 0.1) is 10.1 Å². The molecule has 2 aromatic rings. The number of hydrogen-bond donors (Lipinski definition) is 2. The van der Waals surface area contributed by atoms with Crippen molar-refractivity contribution in [2.24, 2.45) is 5.84 Å². The highest BCUT2D eigenvalue weighted by Crippen LogP contribution is 2.34. The number of nitrogens with one attached hydrogen (secondary N) is 1. The van der Waals surface area contributed by atoms with Gasteiger partial charge in [-0.15, -0.1) is 0 Å². The van der Waals surface area contributed by atoms with Gasteiger partial charge in [-0.05, 0) is 12.1 Å². The molecule has 8 nitrogen and oxygen atoms in total. The Balaban J connectivity index is 2.37. The minimum atomic E-state index is -0.542. The average Bonchev–Trinajstić information content (AvgIpc) is 2.47. The van der Waals surface area contributed by atoms with Crippen LogP contribution in [-0.4, -0.2) is 17.0 Å². The van der Waals surface area contributed by atoms with Crippen molar-refractivity contribution in [3.63, 3.8) is 0 Å². The van der Waals surface area contributed by atoms with Crippen LogP contribution in [0.2, 0.25) is 0 Å². The van der Waals surface area contributed by atoms with Gasteiger partial charge in [0.2, 0.25) is 11.6 Å². The summed E-state index contributed by atoms with van der Waals surface area (Å²) in [6, 6.07) is 9.05. The molecule has 0 aliphatic heterocycles. The summed E-state index contributed by atoms with van der Waals surface area (Å²) in [5, 5.41) is 11.0. The van der Waals surface area contributed by atoms with E-state index in [2.05, 4.69) is 10.4 Å². The van der Waals surface area contributed by atoms with Gasteiger partial charge in [-0.25, -0.2) is 5.84 Å². The normalized spacial score (nSPS) is 9.90. The predicted octanol–water partition coefficient (Wildman–Crippen LogP) is 2.08. The lowest BCUT2D eigenvalue weighted by molar-refractivity contribution is -0.385. The van der Waals surface area contributed by atoms with Gasteiger partial charge in [-0.3, -0.25) is 10.1 Å². The van der Waals surface area contributed by atoms with E-state index in [0.29, 0.717) is 11.6 Å². The summed E-state index contributed by atoms with van der Waals surface area (Å²) in [6.45, 7) is 0. The van der Waals surface area contributed by atoms with Gasteiger partial charge >= 0.3 is 5.69 Å². The number of anilines is 1. The predicted molar refractivity (Wildman–Crippen MR) is 71.8 cm³/mol. The topological polar surface area (TPSA) is 113 Å². The number of hydrazine groups is 1. The largest absolute Gasteiger partial charge is 0.497 e. The molecular formula is C12H12N4O4. The van der Waals surface area contributed by atoms with Crippen LogP contribution in [0.3, 0.4) is 0 Å². The zero-order chi connectivity index (χ0) is 14.5. The van der Waals surface area contributed by atoms with Crippen LogP contribution in [0.15, 0.2) is 36.4 Å². The van der Waals surface area contributed by atoms with E-state index in [0.717, 1.165) is 0 Å². The first-order chi connectivity index (χ1) is 9.63. The molecule has 0 aliphatic carbocycles. The summed E-state index contributed by atoms with van der Waals surface area (Å²) in [7, 11) is 1.46. The van der Waals surface area contributed by atoms with Gasteiger partial charge < -0.3 is 14.9 Å². The summed E-state index contributed by atoms with van der Waals surface area (Å²) in [4.78, 5) is 14.4. The second-order valence-electron chi connectivity index (χ2n) is 3.70. The van der Waals surface area contributed by atoms with E-state index in [1.807, 2.05) is 0 Å². The molecule has 0 spiro atoms. The Bertz CT molecular complexity index is 633. The lowest BCUT2D eigenvalue weighted by Gasteiger charge is -2.08. The fraction of sp³-hybridized carbons (Fsp3) is 0.0833. The third-order valence-corrected chi connectivity index (χ3v) is 2.45. The number of pyridine rings is 1. The molecule has 1 aromatic carbocycles. The molecule has 0 saturated heterocycles. The van der Waals surface area contributed by atoms with Crippen LogP contribution < -0.4 is 20.7 Å². The number of nitrogens with zero attached hydrogens (tertiary/aromatic N) is 2. The van der Waals surface area contributed by atoms with Gasteiger partial charge in [-0.1, -0.05) is 6.07 Å². The zero-order valence-electron chi connectivity index (χ0n) is 10.6. The van der Waals surface area contributed by atoms with E-state index >= 15 is 0 Å². The second-order valence-corrected chi connectivity index (χ2v) is 3.70. The Morgan fingerprint density at radius 1 is 1.35 bits per heavy atom. The van der Waals surface area contributed by atoms with E-state index in [9.17, 15) is 10.1 Å². The summed E-state index contributed by atoms with van der Waals surface area (Å²) >= 11 is 0. The number of nitro groups is 1. The number of nitrogen functional groups attached to an aromatic ring is 1. The number of aromatic nitrogens is 1. The maximum absolute atomic E-state index is 11.0. The molecule has 104 valence electrons. The fourth-order valence-electron chi connectivity index (χ4n) is 1.52. The van der Waals surface area contributed by atoms with Crippen LogP contribution in [0.4, 0.5) is 11.5 Å². The molecule has 2 rings (SSSR count). The molecule has 1 heterocycles. The first-order valence-electron chi connectivity index (χ1n) is 5.58. The highest BCUT2D eigenvalue weighted by Gasteiger charge is 2.17. The third-order valence-electron chi connectivity index (χ3n) is 2.45. The summed E-state index contributed by atoms with van der Waals surface area (Å²) in [5.41, 5.74) is 2.18. The van der Waals surface area contributed by atoms with Crippen LogP contribution in [0.5, 0.6) is 17.4 Å². The van der Waals surface area contributed by atoms with Gasteiger partial charge in [0, 0.05) is 18.2 Å². The monoisotopic (exact) mass is 276 g/mol. The minimum absolute atomic E-state index is 0.0380. The van der Waals surface area contributed by atoms with Gasteiger partial charge in [0.05, 0.1) is 12.0 Å². The zero-order valence-corrected chi connectivity index (χ0v) is 10.6. The summed E-state index contributed by atoms with van der Waals surface area (Å²) in [5.74, 6) is 6.28. The Morgan fingerprint density at radius 2 is 2.15 bits per heavy atom. The molecule has 0 bridgehead atoms. The standard InChI is InChI=1S/C12H12N4O4/c1-19-8-5-6-9(16(17)18)10(7-8)20-12-4-2-3-11(14-12)15-13/h2-7H,13H2,1H3,(H,14,15). The first kappa shape index (κ1) is 13.6. The van der Waals surface area contributed by atoms with E-state index in [1.54, 1.807) is 18.2 Å². The molecular weight excluding hydrogens is 264 g/mol. The summed E-state index contributed by atoms with van der Waals surface area (Å²) in [6.07, 6.45) is 0. The van der Waals surface area contributed by atoms with Gasteiger partial charge in [0.25, 0.3) is 0 Å². The summed E-state index contributed by atoms with van der Waals surface area (Å²) < 4.78 is 10.4. The van der Waals surface area contributed by atoms with Crippen LogP contribution in [0.1, 0.15) is 0 Å². The number of methoxy groups -OCH3 is 1. The van der Waals surface area contributed by atoms with Crippen molar-refractivity contribution in [2.45, 2.75) is 0 Å². The maximum Gasteiger partial charge on any atom is 0.311 e. The smallest absolute Gasteiger partial charge is 0.311 e. The van der Waals surface area contributed by atoms with E-state index in [1.165, 1.54) is 25.3 Å². The van der Waals surface area contributed by atoms with Gasteiger partial charge in [-0.2, -0.15) is 4.98 Å². The molecule has 0 radical (unpaired) electrons. The highest BCUT2D eigenvalue weighted by atomic mass is 16.6. The number of nitro benzene ring substituents is 1. The molecule has 0 saturated carbocycles. The molecule has 0 unspecified atom stereocenters. The second kappa shape index (κ2) is 5.85. The van der Waals surface area contributed by atoms with Gasteiger partial charge in [0.1, 0.15) is 11.6 Å². The molecule has 0 amide bonds. The number of nitrogens with two attached hydrogens (primary N) is 1. The van der Waals surface area contributed by atoms with Crippen molar-refractivity contribution in [3.05, 3.63) is 46.5 Å². The molecule has 0 atom stereocenters. The lowest BCUT2D eigenvalue weighted by Crippen LogP contribution is -2.08. The molecule has 0 aliphatic rings. The molecule has 20 heavy (non-hydrogen) atoms. The van der Waals surface area contributed by atoms with E-state index in [-0.39, 0.29) is 17.3 Å². The van der Waals surface area contributed by atoms with Crippen LogP contribution in [-0.2, 0) is 0 Å². The van der Waals surface area contributed by atoms with Crippen molar-refractivity contribution in [1.82, 2.24) is 4.98 Å². The SMILES string of the molecule is COc1ccc([N+](=O)[O-])c(Oc2cccc(NN)n2)c1. The van der Waals surface area contributed by atoms with Crippen LogP contribution in [0.25, 0.3) is 0 Å². The Hall–Kier alpha value is -2.87. The first-order valence-corrected chi connectivity index (χ1v) is 5.58. The number of ether oxygens (including phenoxy) is 2. The molecule has 8 heteroatoms. The van der Waals surface area contributed by atoms with E-state index < -0.39 is 4.92 Å². The highest BCUT2D eigenvalue weighted by molar-refractivity contribution is 5.52. The third kappa shape index (κ3) is 2.93. The fourth-order valence-corrected chi connectivity index (χ4v) is 1.52. The van der Waals surface area contributed by atoms with Crippen LogP contribution >= 0.6 is 0 Å². The van der Waals surface area contributed by atoms with Gasteiger partial charge in [0.15, 0.2) is 0 Å². The molecule has 3 N–H and O–H groups in total. The van der Waals surface area contributed by atoms with Crippen molar-refractivity contribution < 1.29 is 14.4 Å². The molecule has 0 fully saturated rings. The quantitative estimate of drug-likeness (QED) is 0.488. The maximum atomic E-state index is 11.0. The van der Waals surface area contributed by atoms with Crippen molar-refractivity contribution in [3.8, 4) is 17.4 Å². The Labute approximate surface area is 114 Å². The minimum Gasteiger partial charge on any atom is -0.497 e. The lowest BCUT2D eigenvalue weighted by atomic mass is 10.3. The Kier molecular flexibility index (Phi) is 3.96. The molecule has 1 aromatic heterocycles.